The Labute approximate surface area is 237 Å². The molecule has 1 N–H and O–H groups in total. The van der Waals surface area contributed by atoms with Gasteiger partial charge in [0.15, 0.2) is 6.10 Å². The van der Waals surface area contributed by atoms with Gasteiger partial charge in [0.25, 0.3) is 0 Å². The van der Waals surface area contributed by atoms with Crippen molar-refractivity contribution in [3.05, 3.63) is 12.2 Å². The second kappa shape index (κ2) is 23.5. The molecule has 0 aromatic rings. The molecule has 0 aliphatic heterocycles. The summed E-state index contributed by atoms with van der Waals surface area (Å²) in [4.78, 5) is 34.6. The van der Waals surface area contributed by atoms with Crippen LogP contribution in [0.5, 0.6) is 0 Å². The number of hydrogen-bond acceptors (Lipinski definition) is 7. The Morgan fingerprint density at radius 2 is 1.38 bits per heavy atom. The fourth-order valence-corrected chi connectivity index (χ4v) is 4.40. The van der Waals surface area contributed by atoms with E-state index in [4.69, 9.17) is 18.5 Å². The van der Waals surface area contributed by atoms with E-state index in [1.807, 2.05) is 21.1 Å². The van der Waals surface area contributed by atoms with Crippen LogP contribution in [0.4, 0.5) is 0 Å². The molecule has 10 heteroatoms. The topological polar surface area (TPSA) is 108 Å². The maximum Gasteiger partial charge on any atom is 0.472 e. The standard InChI is InChI=1S/C29H56NO8P/c1-6-8-10-12-14-15-16-18-20-22-29(32)38-27(25-35-28(31)21-19-17-13-11-9-7-2)26-37-39(33,34)36-24-23-30(3,4)5/h8,10,27H,6-7,9,11-26H2,1-5H3/p+1/b10-8-/t27-/m1/s1. The summed E-state index contributed by atoms with van der Waals surface area (Å²) in [5, 5.41) is 0. The number of likely N-dealkylation sites (N-methyl/N-ethyl adjacent to an activating group) is 1. The molecule has 2 atom stereocenters. The van der Waals surface area contributed by atoms with E-state index in [2.05, 4.69) is 26.0 Å². The number of allylic oxidation sites excluding steroid dienone is 2. The molecule has 0 spiro atoms. The highest BCUT2D eigenvalue weighted by Crippen LogP contribution is 2.43. The average Bonchev–Trinajstić information content (AvgIpc) is 2.85. The molecule has 0 fully saturated rings. The first-order valence-corrected chi connectivity index (χ1v) is 16.4. The van der Waals surface area contributed by atoms with E-state index in [-0.39, 0.29) is 32.0 Å². The zero-order valence-electron chi connectivity index (χ0n) is 25.4. The van der Waals surface area contributed by atoms with Gasteiger partial charge in [0.2, 0.25) is 0 Å². The van der Waals surface area contributed by atoms with Crippen LogP contribution in [0.2, 0.25) is 0 Å². The van der Waals surface area contributed by atoms with Crippen molar-refractivity contribution in [3.8, 4) is 0 Å². The maximum absolute atomic E-state index is 12.4. The molecule has 9 nitrogen and oxygen atoms in total. The minimum Gasteiger partial charge on any atom is -0.462 e. The number of nitrogens with zero attached hydrogens (tertiary/aromatic N) is 1. The Morgan fingerprint density at radius 3 is 2.00 bits per heavy atom. The highest BCUT2D eigenvalue weighted by Gasteiger charge is 2.27. The maximum atomic E-state index is 12.4. The monoisotopic (exact) mass is 578 g/mol. The van der Waals surface area contributed by atoms with Crippen molar-refractivity contribution >= 4 is 19.8 Å². The summed E-state index contributed by atoms with van der Waals surface area (Å²) >= 11 is 0. The minimum atomic E-state index is -4.35. The van der Waals surface area contributed by atoms with Crippen molar-refractivity contribution < 1.29 is 42.1 Å². The van der Waals surface area contributed by atoms with Gasteiger partial charge in [0.1, 0.15) is 19.8 Å². The van der Waals surface area contributed by atoms with Gasteiger partial charge in [0, 0.05) is 12.8 Å². The van der Waals surface area contributed by atoms with Crippen molar-refractivity contribution in [2.45, 2.75) is 116 Å². The number of unbranched alkanes of at least 4 members (excludes halogenated alkanes) is 10. The predicted molar refractivity (Wildman–Crippen MR) is 155 cm³/mol. The van der Waals surface area contributed by atoms with Crippen LogP contribution in [0.15, 0.2) is 12.2 Å². The number of rotatable bonds is 26. The van der Waals surface area contributed by atoms with Crippen LogP contribution in [0.25, 0.3) is 0 Å². The lowest BCUT2D eigenvalue weighted by Crippen LogP contribution is -2.37. The summed E-state index contributed by atoms with van der Waals surface area (Å²) in [5.74, 6) is -0.827. The third kappa shape index (κ3) is 26.7. The molecule has 0 aromatic carbocycles. The van der Waals surface area contributed by atoms with Crippen LogP contribution in [0.3, 0.4) is 0 Å². The fraction of sp³-hybridized carbons (Fsp3) is 0.862. The lowest BCUT2D eigenvalue weighted by Gasteiger charge is -2.24. The van der Waals surface area contributed by atoms with Gasteiger partial charge in [-0.1, -0.05) is 77.4 Å². The second-order valence-electron chi connectivity index (χ2n) is 11.1. The third-order valence-corrected chi connectivity index (χ3v) is 7.04. The normalized spacial score (nSPS) is 14.3. The number of ether oxygens (including phenoxy) is 2. The molecule has 0 aliphatic carbocycles. The van der Waals surface area contributed by atoms with Crippen LogP contribution in [-0.4, -0.2) is 74.9 Å². The Morgan fingerprint density at radius 1 is 0.795 bits per heavy atom. The van der Waals surface area contributed by atoms with Gasteiger partial charge >= 0.3 is 19.8 Å². The molecule has 39 heavy (non-hydrogen) atoms. The summed E-state index contributed by atoms with van der Waals surface area (Å²) in [7, 11) is 1.47. The minimum absolute atomic E-state index is 0.0316. The van der Waals surface area contributed by atoms with Gasteiger partial charge in [-0.25, -0.2) is 4.57 Å². The molecule has 0 saturated heterocycles. The van der Waals surface area contributed by atoms with E-state index in [1.54, 1.807) is 0 Å². The van der Waals surface area contributed by atoms with Crippen LogP contribution in [0, 0.1) is 0 Å². The Kier molecular flexibility index (Phi) is 22.7. The summed E-state index contributed by atoms with van der Waals surface area (Å²) in [6.07, 6.45) is 17.3. The van der Waals surface area contributed by atoms with Gasteiger partial charge in [-0.05, 0) is 32.1 Å². The summed E-state index contributed by atoms with van der Waals surface area (Å²) in [5.41, 5.74) is 0. The second-order valence-corrected chi connectivity index (χ2v) is 12.6. The number of carbonyl (C=O) groups is 2. The van der Waals surface area contributed by atoms with Crippen molar-refractivity contribution in [1.29, 1.82) is 0 Å². The van der Waals surface area contributed by atoms with E-state index < -0.39 is 26.5 Å². The Balaban J connectivity index is 4.58. The first kappa shape index (κ1) is 37.8. The number of hydrogen-bond donors (Lipinski definition) is 1. The van der Waals surface area contributed by atoms with Crippen molar-refractivity contribution in [2.24, 2.45) is 0 Å². The van der Waals surface area contributed by atoms with Gasteiger partial charge in [-0.3, -0.25) is 18.6 Å². The summed E-state index contributed by atoms with van der Waals surface area (Å²) < 4.78 is 33.7. The fourth-order valence-electron chi connectivity index (χ4n) is 3.66. The van der Waals surface area contributed by atoms with Gasteiger partial charge in [-0.15, -0.1) is 0 Å². The number of phosphoric ester groups is 1. The smallest absolute Gasteiger partial charge is 0.462 e. The molecule has 0 aromatic heterocycles. The molecule has 0 aliphatic rings. The van der Waals surface area contributed by atoms with Gasteiger partial charge in [-0.2, -0.15) is 0 Å². The zero-order chi connectivity index (χ0) is 29.4. The van der Waals surface area contributed by atoms with Crippen LogP contribution >= 0.6 is 7.82 Å². The molecular weight excluding hydrogens is 521 g/mol. The van der Waals surface area contributed by atoms with E-state index in [1.165, 1.54) is 12.8 Å². The average molecular weight is 579 g/mol. The molecule has 0 rings (SSSR count). The van der Waals surface area contributed by atoms with Crippen molar-refractivity contribution in [3.63, 3.8) is 0 Å². The number of quaternary nitrogens is 1. The van der Waals surface area contributed by atoms with E-state index in [0.29, 0.717) is 17.4 Å². The van der Waals surface area contributed by atoms with E-state index in [9.17, 15) is 19.0 Å². The highest BCUT2D eigenvalue weighted by molar-refractivity contribution is 7.47. The van der Waals surface area contributed by atoms with Crippen molar-refractivity contribution in [2.75, 3.05) is 47.5 Å². The summed E-state index contributed by atoms with van der Waals surface area (Å²) in [6, 6.07) is 0. The quantitative estimate of drug-likeness (QED) is 0.0396. The van der Waals surface area contributed by atoms with Crippen molar-refractivity contribution in [1.82, 2.24) is 0 Å². The molecule has 230 valence electrons. The lowest BCUT2D eigenvalue weighted by molar-refractivity contribution is -0.870. The van der Waals surface area contributed by atoms with Gasteiger partial charge < -0.3 is 18.9 Å². The lowest BCUT2D eigenvalue weighted by atomic mass is 10.1. The van der Waals surface area contributed by atoms with E-state index >= 15 is 0 Å². The summed E-state index contributed by atoms with van der Waals surface area (Å²) in [6.45, 7) is 4.19. The van der Waals surface area contributed by atoms with Crippen LogP contribution < -0.4 is 0 Å². The zero-order valence-corrected chi connectivity index (χ0v) is 26.3. The number of carbonyl (C=O) groups excluding carboxylic acids is 2. The molecule has 0 saturated carbocycles. The third-order valence-electron chi connectivity index (χ3n) is 6.06. The molecule has 0 amide bonds. The molecule has 0 bridgehead atoms. The largest absolute Gasteiger partial charge is 0.472 e. The molecule has 1 unspecified atom stereocenters. The SMILES string of the molecule is CC/C=C\CCCCCCCC(=O)O[C@H](COC(=O)CCCCCCCC)COP(=O)(O)OCC[N+](C)(C)C. The Bertz CT molecular complexity index is 708. The molecule has 0 radical (unpaired) electrons. The first-order chi connectivity index (χ1) is 18.5. The first-order valence-electron chi connectivity index (χ1n) is 14.9. The number of esters is 2. The number of phosphoric acid groups is 1. The van der Waals surface area contributed by atoms with Gasteiger partial charge in [0.05, 0.1) is 27.7 Å². The molecule has 0 heterocycles. The Hall–Kier alpha value is -1.25. The van der Waals surface area contributed by atoms with Crippen LogP contribution in [0.1, 0.15) is 110 Å². The molecular formula is C29H57NO8P+. The predicted octanol–water partition coefficient (Wildman–Crippen LogP) is 6.73. The van der Waals surface area contributed by atoms with Crippen LogP contribution in [-0.2, 0) is 32.7 Å². The highest BCUT2D eigenvalue weighted by atomic mass is 31.2. The van der Waals surface area contributed by atoms with E-state index in [0.717, 1.165) is 64.2 Å².